The normalized spacial score (nSPS) is 11.8. The average molecular weight is 378 g/mol. The van der Waals surface area contributed by atoms with Gasteiger partial charge in [-0.25, -0.2) is 0 Å². The number of rotatable bonds is 7. The molecule has 0 aliphatic heterocycles. The van der Waals surface area contributed by atoms with Crippen molar-refractivity contribution in [3.8, 4) is 11.5 Å². The van der Waals surface area contributed by atoms with E-state index in [-0.39, 0.29) is 18.2 Å². The number of hydrogen-bond donors (Lipinski definition) is 3. The van der Waals surface area contributed by atoms with Gasteiger partial charge in [0.1, 0.15) is 23.8 Å². The number of carbonyl (C=O) groups excluding carboxylic acids is 1. The van der Waals surface area contributed by atoms with Gasteiger partial charge in [0.05, 0.1) is 23.9 Å². The number of H-pyrrole nitrogens is 2. The number of hydrogen-bond acceptors (Lipinski definition) is 7. The van der Waals surface area contributed by atoms with Gasteiger partial charge in [-0.15, -0.1) is 10.2 Å². The summed E-state index contributed by atoms with van der Waals surface area (Å²) in [6.45, 7) is 1.91. The highest BCUT2D eigenvalue weighted by Gasteiger charge is 2.17. The summed E-state index contributed by atoms with van der Waals surface area (Å²) in [5.74, 6) is 1.15. The second kappa shape index (κ2) is 7.83. The second-order valence-electron chi connectivity index (χ2n) is 5.33. The molecule has 3 N–H and O–H groups in total. The van der Waals surface area contributed by atoms with Crippen LogP contribution in [-0.4, -0.2) is 43.8 Å². The van der Waals surface area contributed by atoms with Gasteiger partial charge in [-0.1, -0.05) is 16.8 Å². The summed E-state index contributed by atoms with van der Waals surface area (Å²) >= 11 is 6.12. The number of aromatic nitrogens is 6. The molecule has 26 heavy (non-hydrogen) atoms. The minimum absolute atomic E-state index is 0.173. The molecule has 3 rings (SSSR count). The molecule has 0 aliphatic rings. The number of amides is 1. The van der Waals surface area contributed by atoms with E-state index in [0.717, 1.165) is 0 Å². The molecule has 11 heteroatoms. The predicted molar refractivity (Wildman–Crippen MR) is 91.0 cm³/mol. The highest BCUT2D eigenvalue weighted by molar-refractivity contribution is 6.32. The first kappa shape index (κ1) is 17.7. The van der Waals surface area contributed by atoms with Crippen molar-refractivity contribution < 1.29 is 14.3 Å². The van der Waals surface area contributed by atoms with Gasteiger partial charge >= 0.3 is 0 Å². The topological polar surface area (TPSA) is 131 Å². The van der Waals surface area contributed by atoms with Crippen LogP contribution < -0.4 is 14.8 Å². The Bertz CT molecular complexity index is 881. The van der Waals surface area contributed by atoms with Crippen LogP contribution in [0, 0.1) is 0 Å². The van der Waals surface area contributed by atoms with Crippen LogP contribution in [0.1, 0.15) is 35.0 Å². The van der Waals surface area contributed by atoms with Crippen LogP contribution >= 0.6 is 11.6 Å². The largest absolute Gasteiger partial charge is 0.497 e. The molecule has 0 bridgehead atoms. The second-order valence-corrected chi connectivity index (χ2v) is 5.74. The average Bonchev–Trinajstić information content (AvgIpc) is 3.32. The molecule has 0 aliphatic carbocycles. The fourth-order valence-electron chi connectivity index (χ4n) is 2.12. The van der Waals surface area contributed by atoms with Gasteiger partial charge < -0.3 is 14.8 Å². The van der Waals surface area contributed by atoms with Crippen LogP contribution in [0.2, 0.25) is 5.02 Å². The fourth-order valence-corrected chi connectivity index (χ4v) is 2.35. The first-order valence-corrected chi connectivity index (χ1v) is 7.99. The van der Waals surface area contributed by atoms with E-state index in [1.54, 1.807) is 38.3 Å². The van der Waals surface area contributed by atoms with E-state index in [9.17, 15) is 4.79 Å². The fraction of sp³-hybridized carbons (Fsp3) is 0.267. The molecule has 3 aromatic rings. The molecule has 2 heterocycles. The lowest BCUT2D eigenvalue weighted by Gasteiger charge is -2.08. The monoisotopic (exact) mass is 377 g/mol. The molecule has 10 nitrogen and oxygen atoms in total. The maximum atomic E-state index is 12.2. The van der Waals surface area contributed by atoms with Crippen molar-refractivity contribution in [2.24, 2.45) is 0 Å². The Balaban J connectivity index is 1.58. The number of tetrazole rings is 1. The molecule has 1 aromatic carbocycles. The third-order valence-electron chi connectivity index (χ3n) is 3.48. The third-order valence-corrected chi connectivity index (χ3v) is 3.78. The van der Waals surface area contributed by atoms with Crippen molar-refractivity contribution in [1.29, 1.82) is 0 Å². The molecule has 1 atom stereocenters. The molecule has 0 spiro atoms. The van der Waals surface area contributed by atoms with Gasteiger partial charge in [0.25, 0.3) is 5.91 Å². The van der Waals surface area contributed by atoms with Crippen LogP contribution in [0.25, 0.3) is 0 Å². The van der Waals surface area contributed by atoms with Gasteiger partial charge in [-0.05, 0) is 25.1 Å². The molecule has 2 aromatic heterocycles. The minimum atomic E-state index is -0.407. The lowest BCUT2D eigenvalue weighted by Crippen LogP contribution is -2.27. The van der Waals surface area contributed by atoms with Crippen LogP contribution in [-0.2, 0) is 6.61 Å². The van der Waals surface area contributed by atoms with Crippen LogP contribution in [0.4, 0.5) is 0 Å². The Kier molecular flexibility index (Phi) is 5.32. The van der Waals surface area contributed by atoms with E-state index in [0.29, 0.717) is 28.0 Å². The molecule has 1 amide bonds. The van der Waals surface area contributed by atoms with E-state index in [2.05, 4.69) is 36.1 Å². The summed E-state index contributed by atoms with van der Waals surface area (Å²) in [6, 6.07) is 6.29. The number of methoxy groups -OCH3 is 1. The lowest BCUT2D eigenvalue weighted by atomic mass is 10.3. The zero-order valence-electron chi connectivity index (χ0n) is 14.0. The molecular formula is C15H16ClN7O3. The van der Waals surface area contributed by atoms with E-state index < -0.39 is 6.04 Å². The SMILES string of the molecule is COc1ccc(OCc2cc(C(=O)N[C@@H](C)c3nn[nH]n3)n[nH]2)c(Cl)c1. The highest BCUT2D eigenvalue weighted by atomic mass is 35.5. The molecule has 0 fully saturated rings. The molecule has 0 saturated carbocycles. The number of aromatic amines is 2. The minimum Gasteiger partial charge on any atom is -0.497 e. The Labute approximate surface area is 153 Å². The first-order valence-electron chi connectivity index (χ1n) is 7.61. The lowest BCUT2D eigenvalue weighted by molar-refractivity contribution is 0.0933. The van der Waals surface area contributed by atoms with Crippen LogP contribution in [0.5, 0.6) is 11.5 Å². The van der Waals surface area contributed by atoms with E-state index in [1.807, 2.05) is 0 Å². The maximum Gasteiger partial charge on any atom is 0.272 e. The number of carbonyl (C=O) groups is 1. The van der Waals surface area contributed by atoms with Crippen molar-refractivity contribution >= 4 is 17.5 Å². The van der Waals surface area contributed by atoms with E-state index >= 15 is 0 Å². The number of nitrogens with zero attached hydrogens (tertiary/aromatic N) is 4. The van der Waals surface area contributed by atoms with Gasteiger partial charge in [0, 0.05) is 6.07 Å². The quantitative estimate of drug-likeness (QED) is 0.570. The van der Waals surface area contributed by atoms with Crippen molar-refractivity contribution in [1.82, 2.24) is 36.1 Å². The summed E-state index contributed by atoms with van der Waals surface area (Å²) in [4.78, 5) is 12.2. The van der Waals surface area contributed by atoms with E-state index in [1.165, 1.54) is 0 Å². The molecule has 0 saturated heterocycles. The standard InChI is InChI=1S/C15H16ClN7O3/c1-8(14-20-22-23-21-14)17-15(24)12-5-9(18-19-12)7-26-13-4-3-10(25-2)6-11(13)16/h3-6,8H,7H2,1-2H3,(H,17,24)(H,18,19)(H,20,21,22,23)/t8-/m0/s1. The zero-order chi connectivity index (χ0) is 18.5. The van der Waals surface area contributed by atoms with Crippen molar-refractivity contribution in [3.63, 3.8) is 0 Å². The predicted octanol–water partition coefficient (Wildman–Crippen LogP) is 1.65. The number of halogens is 1. The van der Waals surface area contributed by atoms with Crippen LogP contribution in [0.3, 0.4) is 0 Å². The Morgan fingerprint density at radius 3 is 2.88 bits per heavy atom. The first-order chi connectivity index (χ1) is 12.6. The maximum absolute atomic E-state index is 12.2. The smallest absolute Gasteiger partial charge is 0.272 e. The summed E-state index contributed by atoms with van der Waals surface area (Å²) in [7, 11) is 1.56. The number of nitrogens with one attached hydrogen (secondary N) is 3. The van der Waals surface area contributed by atoms with E-state index in [4.69, 9.17) is 21.1 Å². The van der Waals surface area contributed by atoms with Crippen molar-refractivity contribution in [2.75, 3.05) is 7.11 Å². The van der Waals surface area contributed by atoms with Gasteiger partial charge in [0.2, 0.25) is 0 Å². The van der Waals surface area contributed by atoms with Gasteiger partial charge in [0.15, 0.2) is 5.82 Å². The number of ether oxygens (including phenoxy) is 2. The van der Waals surface area contributed by atoms with Crippen molar-refractivity contribution in [3.05, 3.63) is 46.5 Å². The molecule has 0 unspecified atom stereocenters. The summed E-state index contributed by atoms with van der Waals surface area (Å²) in [5.41, 5.74) is 0.842. The zero-order valence-corrected chi connectivity index (χ0v) is 14.7. The van der Waals surface area contributed by atoms with Crippen LogP contribution in [0.15, 0.2) is 24.3 Å². The Morgan fingerprint density at radius 1 is 1.35 bits per heavy atom. The highest BCUT2D eigenvalue weighted by Crippen LogP contribution is 2.29. The summed E-state index contributed by atoms with van der Waals surface area (Å²) in [6.07, 6.45) is 0. The molecular weight excluding hydrogens is 362 g/mol. The Hall–Kier alpha value is -3.14. The van der Waals surface area contributed by atoms with Crippen molar-refractivity contribution in [2.45, 2.75) is 19.6 Å². The summed E-state index contributed by atoms with van der Waals surface area (Å²) < 4.78 is 10.7. The molecule has 136 valence electrons. The van der Waals surface area contributed by atoms with Gasteiger partial charge in [-0.3, -0.25) is 9.89 Å². The Morgan fingerprint density at radius 2 is 2.19 bits per heavy atom. The van der Waals surface area contributed by atoms with Gasteiger partial charge in [-0.2, -0.15) is 10.3 Å². The number of benzene rings is 1. The summed E-state index contributed by atoms with van der Waals surface area (Å²) in [5, 5.41) is 23.3. The third kappa shape index (κ3) is 4.09. The molecule has 0 radical (unpaired) electrons.